The Bertz CT molecular complexity index is 1060. The third-order valence-corrected chi connectivity index (χ3v) is 4.50. The molecule has 0 aliphatic heterocycles. The molecule has 0 bridgehead atoms. The lowest BCUT2D eigenvalue weighted by atomic mass is 10.1. The van der Waals surface area contributed by atoms with Gasteiger partial charge in [-0.3, -0.25) is 9.97 Å². The van der Waals surface area contributed by atoms with Crippen molar-refractivity contribution in [1.29, 1.82) is 0 Å². The van der Waals surface area contributed by atoms with E-state index in [1.807, 2.05) is 18.3 Å². The van der Waals surface area contributed by atoms with Gasteiger partial charge in [-0.1, -0.05) is 5.16 Å². The van der Waals surface area contributed by atoms with E-state index in [9.17, 15) is 0 Å². The van der Waals surface area contributed by atoms with Gasteiger partial charge in [-0.25, -0.2) is 0 Å². The molecule has 0 saturated carbocycles. The molecular formula is C18H17N5O. The number of pyridine rings is 2. The van der Waals surface area contributed by atoms with Crippen molar-refractivity contribution in [3.63, 3.8) is 0 Å². The molecule has 0 aliphatic carbocycles. The van der Waals surface area contributed by atoms with E-state index in [0.29, 0.717) is 11.7 Å². The third kappa shape index (κ3) is 2.19. The van der Waals surface area contributed by atoms with Gasteiger partial charge in [-0.05, 0) is 37.6 Å². The van der Waals surface area contributed by atoms with E-state index in [4.69, 9.17) is 4.52 Å². The van der Waals surface area contributed by atoms with E-state index >= 15 is 0 Å². The Hall–Kier alpha value is -3.02. The third-order valence-electron chi connectivity index (χ3n) is 4.50. The zero-order chi connectivity index (χ0) is 16.8. The summed E-state index contributed by atoms with van der Waals surface area (Å²) in [4.78, 5) is 13.3. The Morgan fingerprint density at radius 1 is 1.04 bits per heavy atom. The molecular weight excluding hydrogens is 302 g/mol. The Labute approximate surface area is 139 Å². The lowest BCUT2D eigenvalue weighted by Gasteiger charge is -2.03. The molecule has 0 saturated heterocycles. The Morgan fingerprint density at radius 2 is 1.83 bits per heavy atom. The van der Waals surface area contributed by atoms with Gasteiger partial charge in [0.05, 0.1) is 23.1 Å². The summed E-state index contributed by atoms with van der Waals surface area (Å²) in [6, 6.07) is 5.89. The topological polar surface area (TPSA) is 69.6 Å². The fourth-order valence-electron chi connectivity index (χ4n) is 2.91. The first-order valence-corrected chi connectivity index (χ1v) is 7.73. The summed E-state index contributed by atoms with van der Waals surface area (Å²) in [7, 11) is 2.06. The fourth-order valence-corrected chi connectivity index (χ4v) is 2.91. The van der Waals surface area contributed by atoms with E-state index in [-0.39, 0.29) is 0 Å². The normalized spacial score (nSPS) is 11.3. The molecule has 0 unspecified atom stereocenters. The Morgan fingerprint density at radius 3 is 2.58 bits per heavy atom. The van der Waals surface area contributed by atoms with Crippen molar-refractivity contribution in [2.24, 2.45) is 7.05 Å². The molecule has 0 amide bonds. The van der Waals surface area contributed by atoms with Crippen LogP contribution in [-0.4, -0.2) is 24.7 Å². The Kier molecular flexibility index (Phi) is 3.19. The van der Waals surface area contributed by atoms with Gasteiger partial charge in [0.25, 0.3) is 0 Å². The lowest BCUT2D eigenvalue weighted by Crippen LogP contribution is -1.92. The van der Waals surface area contributed by atoms with Crippen molar-refractivity contribution in [3.8, 4) is 22.8 Å². The number of hydrogen-bond acceptors (Lipinski definition) is 5. The molecule has 6 nitrogen and oxygen atoms in total. The molecule has 4 aromatic rings. The summed E-state index contributed by atoms with van der Waals surface area (Å²) in [6.07, 6.45) is 3.64. The zero-order valence-electron chi connectivity index (χ0n) is 14.0. The van der Waals surface area contributed by atoms with Crippen LogP contribution >= 0.6 is 0 Å². The van der Waals surface area contributed by atoms with Crippen LogP contribution in [0.5, 0.6) is 0 Å². The lowest BCUT2D eigenvalue weighted by molar-refractivity contribution is 0.394. The second-order valence-corrected chi connectivity index (χ2v) is 5.92. The number of nitrogens with zero attached hydrogens (tertiary/aromatic N) is 5. The maximum atomic E-state index is 5.05. The summed E-state index contributed by atoms with van der Waals surface area (Å²) in [5, 5.41) is 5.16. The number of aromatic nitrogens is 5. The van der Waals surface area contributed by atoms with E-state index in [1.54, 1.807) is 13.1 Å². The number of hydrogen-bond donors (Lipinski definition) is 0. The van der Waals surface area contributed by atoms with E-state index in [2.05, 4.69) is 51.6 Å². The van der Waals surface area contributed by atoms with Gasteiger partial charge in [-0.2, -0.15) is 4.98 Å². The standard InChI is InChI=1S/C18H17N5O/c1-10-11(2)23(4)17-9-20-16(8-14(10)17)15-7-13(5-6-19-15)18-21-12(3)24-22-18/h5-9H,1-4H3. The van der Waals surface area contributed by atoms with Crippen LogP contribution in [-0.2, 0) is 7.05 Å². The molecule has 0 spiro atoms. The number of aryl methyl sites for hydroxylation is 3. The predicted octanol–water partition coefficient (Wildman–Crippen LogP) is 3.61. The zero-order valence-corrected chi connectivity index (χ0v) is 14.0. The minimum atomic E-state index is 0.540. The second-order valence-electron chi connectivity index (χ2n) is 5.92. The molecule has 4 aromatic heterocycles. The minimum absolute atomic E-state index is 0.540. The fraction of sp³-hybridized carbons (Fsp3) is 0.222. The molecule has 4 rings (SSSR count). The first-order valence-electron chi connectivity index (χ1n) is 7.73. The van der Waals surface area contributed by atoms with Crippen LogP contribution in [0.25, 0.3) is 33.7 Å². The molecule has 0 aliphatic rings. The predicted molar refractivity (Wildman–Crippen MR) is 91.4 cm³/mol. The quantitative estimate of drug-likeness (QED) is 0.564. The first kappa shape index (κ1) is 14.6. The monoisotopic (exact) mass is 319 g/mol. The smallest absolute Gasteiger partial charge is 0.223 e. The molecule has 0 atom stereocenters. The summed E-state index contributed by atoms with van der Waals surface area (Å²) in [5.41, 5.74) is 6.11. The minimum Gasteiger partial charge on any atom is -0.346 e. The van der Waals surface area contributed by atoms with Gasteiger partial charge in [0.15, 0.2) is 0 Å². The number of fused-ring (bicyclic) bond motifs is 1. The molecule has 4 heterocycles. The van der Waals surface area contributed by atoms with Crippen LogP contribution in [0.4, 0.5) is 0 Å². The van der Waals surface area contributed by atoms with Gasteiger partial charge in [0, 0.05) is 36.8 Å². The van der Waals surface area contributed by atoms with Crippen LogP contribution in [0.15, 0.2) is 35.1 Å². The van der Waals surface area contributed by atoms with Crippen molar-refractivity contribution < 1.29 is 4.52 Å². The second kappa shape index (κ2) is 5.26. The van der Waals surface area contributed by atoms with E-state index < -0.39 is 0 Å². The van der Waals surface area contributed by atoms with Crippen molar-refractivity contribution in [2.45, 2.75) is 20.8 Å². The van der Waals surface area contributed by atoms with Crippen molar-refractivity contribution in [3.05, 3.63) is 47.7 Å². The molecule has 6 heteroatoms. The van der Waals surface area contributed by atoms with Crippen LogP contribution in [0.2, 0.25) is 0 Å². The molecule has 0 aromatic carbocycles. The highest BCUT2D eigenvalue weighted by atomic mass is 16.5. The highest BCUT2D eigenvalue weighted by Crippen LogP contribution is 2.28. The van der Waals surface area contributed by atoms with E-state index in [0.717, 1.165) is 22.5 Å². The highest BCUT2D eigenvalue weighted by molar-refractivity contribution is 5.87. The van der Waals surface area contributed by atoms with Gasteiger partial charge < -0.3 is 9.09 Å². The molecule has 0 fully saturated rings. The average molecular weight is 319 g/mol. The van der Waals surface area contributed by atoms with Crippen LogP contribution < -0.4 is 0 Å². The van der Waals surface area contributed by atoms with Crippen molar-refractivity contribution in [2.75, 3.05) is 0 Å². The van der Waals surface area contributed by atoms with Crippen LogP contribution in [0, 0.1) is 20.8 Å². The highest BCUT2D eigenvalue weighted by Gasteiger charge is 2.12. The largest absolute Gasteiger partial charge is 0.346 e. The Balaban J connectivity index is 1.84. The molecule has 0 N–H and O–H groups in total. The van der Waals surface area contributed by atoms with E-state index in [1.165, 1.54) is 16.6 Å². The first-order chi connectivity index (χ1) is 11.5. The molecule has 24 heavy (non-hydrogen) atoms. The summed E-state index contributed by atoms with van der Waals surface area (Å²) in [5.74, 6) is 1.10. The summed E-state index contributed by atoms with van der Waals surface area (Å²) < 4.78 is 7.21. The van der Waals surface area contributed by atoms with Gasteiger partial charge in [0.1, 0.15) is 0 Å². The maximum absolute atomic E-state index is 5.05. The van der Waals surface area contributed by atoms with Crippen LogP contribution in [0.3, 0.4) is 0 Å². The maximum Gasteiger partial charge on any atom is 0.223 e. The van der Waals surface area contributed by atoms with Crippen molar-refractivity contribution in [1.82, 2.24) is 24.7 Å². The molecule has 120 valence electrons. The number of rotatable bonds is 2. The van der Waals surface area contributed by atoms with Gasteiger partial charge >= 0.3 is 0 Å². The molecule has 0 radical (unpaired) electrons. The summed E-state index contributed by atoms with van der Waals surface area (Å²) in [6.45, 7) is 6.02. The summed E-state index contributed by atoms with van der Waals surface area (Å²) >= 11 is 0. The van der Waals surface area contributed by atoms with Gasteiger partial charge in [0.2, 0.25) is 11.7 Å². The van der Waals surface area contributed by atoms with Gasteiger partial charge in [-0.15, -0.1) is 0 Å². The SMILES string of the molecule is Cc1nc(-c2ccnc(-c3cc4c(C)c(C)n(C)c4cn3)c2)no1. The average Bonchev–Trinajstić information content (AvgIpc) is 3.13. The van der Waals surface area contributed by atoms with Crippen LogP contribution in [0.1, 0.15) is 17.1 Å². The van der Waals surface area contributed by atoms with Crippen molar-refractivity contribution >= 4 is 10.9 Å².